The fourth-order valence-corrected chi connectivity index (χ4v) is 2.59. The van der Waals surface area contributed by atoms with Crippen LogP contribution in [0.4, 0.5) is 5.69 Å². The third-order valence-electron chi connectivity index (χ3n) is 3.56. The Kier molecular flexibility index (Phi) is 3.86. The summed E-state index contributed by atoms with van der Waals surface area (Å²) < 4.78 is 11.5. The number of rotatable bonds is 4. The normalized spacial score (nSPS) is 14.7. The van der Waals surface area contributed by atoms with Crippen molar-refractivity contribution in [1.82, 2.24) is 0 Å². The second-order valence-corrected chi connectivity index (χ2v) is 6.17. The predicted octanol–water partition coefficient (Wildman–Crippen LogP) is 3.12. The van der Waals surface area contributed by atoms with E-state index in [1.165, 1.54) is 12.1 Å². The number of benzene rings is 2. The van der Waals surface area contributed by atoms with Gasteiger partial charge in [0.15, 0.2) is 18.1 Å². The number of aromatic hydroxyl groups is 1. The molecular formula is C18H19NO4. The Morgan fingerprint density at radius 3 is 2.74 bits per heavy atom. The molecule has 0 radical (unpaired) electrons. The standard InChI is InChI=1S/C18H19NO4/c1-18(2)10-12-4-3-5-15(17(12)23-18)22-11-16(21)19-13-6-8-14(20)9-7-13/h3-9,20H,10-11H2,1-2H3,(H,19,21). The van der Waals surface area contributed by atoms with Crippen LogP contribution >= 0.6 is 0 Å². The Balaban J connectivity index is 1.62. The number of phenolic OH excluding ortho intramolecular Hbond substituents is 1. The van der Waals surface area contributed by atoms with Crippen LogP contribution in [-0.4, -0.2) is 23.2 Å². The summed E-state index contributed by atoms with van der Waals surface area (Å²) in [5.74, 6) is 1.17. The van der Waals surface area contributed by atoms with Gasteiger partial charge in [-0.05, 0) is 44.2 Å². The van der Waals surface area contributed by atoms with Crippen molar-refractivity contribution < 1.29 is 19.4 Å². The summed E-state index contributed by atoms with van der Waals surface area (Å²) in [6, 6.07) is 12.0. The van der Waals surface area contributed by atoms with Crippen LogP contribution < -0.4 is 14.8 Å². The molecule has 0 unspecified atom stereocenters. The van der Waals surface area contributed by atoms with Crippen LogP contribution in [-0.2, 0) is 11.2 Å². The molecule has 23 heavy (non-hydrogen) atoms. The van der Waals surface area contributed by atoms with Crippen molar-refractivity contribution in [3.8, 4) is 17.2 Å². The van der Waals surface area contributed by atoms with Crippen LogP contribution in [0.15, 0.2) is 42.5 Å². The Morgan fingerprint density at radius 2 is 2.00 bits per heavy atom. The van der Waals surface area contributed by atoms with E-state index in [0.717, 1.165) is 17.7 Å². The number of phenols is 1. The van der Waals surface area contributed by atoms with E-state index in [2.05, 4.69) is 5.32 Å². The van der Waals surface area contributed by atoms with Crippen molar-refractivity contribution in [2.75, 3.05) is 11.9 Å². The molecule has 3 rings (SSSR count). The van der Waals surface area contributed by atoms with Gasteiger partial charge in [0.05, 0.1) is 0 Å². The van der Waals surface area contributed by atoms with E-state index in [-0.39, 0.29) is 23.9 Å². The quantitative estimate of drug-likeness (QED) is 0.851. The van der Waals surface area contributed by atoms with Crippen LogP contribution in [0.1, 0.15) is 19.4 Å². The number of carbonyl (C=O) groups is 1. The average Bonchev–Trinajstić information content (AvgIpc) is 2.82. The number of fused-ring (bicyclic) bond motifs is 1. The molecule has 1 heterocycles. The minimum Gasteiger partial charge on any atom is -0.508 e. The molecule has 1 aliphatic rings. The van der Waals surface area contributed by atoms with E-state index in [1.807, 2.05) is 26.0 Å². The largest absolute Gasteiger partial charge is 0.508 e. The first-order chi connectivity index (χ1) is 10.9. The lowest BCUT2D eigenvalue weighted by atomic mass is 10.0. The molecule has 0 saturated heterocycles. The summed E-state index contributed by atoms with van der Waals surface area (Å²) >= 11 is 0. The Bertz CT molecular complexity index is 722. The first-order valence-electron chi connectivity index (χ1n) is 7.45. The van der Waals surface area contributed by atoms with Gasteiger partial charge in [-0.3, -0.25) is 4.79 Å². The van der Waals surface area contributed by atoms with Gasteiger partial charge >= 0.3 is 0 Å². The minimum absolute atomic E-state index is 0.110. The van der Waals surface area contributed by atoms with Crippen molar-refractivity contribution in [3.63, 3.8) is 0 Å². The average molecular weight is 313 g/mol. The highest BCUT2D eigenvalue weighted by Crippen LogP contribution is 2.41. The Hall–Kier alpha value is -2.69. The van der Waals surface area contributed by atoms with Crippen molar-refractivity contribution in [3.05, 3.63) is 48.0 Å². The molecular weight excluding hydrogens is 294 g/mol. The lowest BCUT2D eigenvalue weighted by Gasteiger charge is -2.18. The van der Waals surface area contributed by atoms with E-state index >= 15 is 0 Å². The summed E-state index contributed by atoms with van der Waals surface area (Å²) in [6.07, 6.45) is 0.819. The van der Waals surface area contributed by atoms with E-state index in [4.69, 9.17) is 9.47 Å². The SMILES string of the molecule is CC1(C)Cc2cccc(OCC(=O)Nc3ccc(O)cc3)c2O1. The highest BCUT2D eigenvalue weighted by molar-refractivity contribution is 5.91. The number of nitrogens with one attached hydrogen (secondary N) is 1. The van der Waals surface area contributed by atoms with Crippen molar-refractivity contribution in [2.45, 2.75) is 25.9 Å². The highest BCUT2D eigenvalue weighted by Gasteiger charge is 2.32. The summed E-state index contributed by atoms with van der Waals surface area (Å²) in [5, 5.41) is 11.9. The number of carbonyl (C=O) groups excluding carboxylic acids is 1. The van der Waals surface area contributed by atoms with Gasteiger partial charge in [0.1, 0.15) is 11.4 Å². The van der Waals surface area contributed by atoms with E-state index in [1.54, 1.807) is 18.2 Å². The van der Waals surface area contributed by atoms with Gasteiger partial charge in [0.2, 0.25) is 0 Å². The molecule has 0 aromatic heterocycles. The van der Waals surface area contributed by atoms with E-state index in [9.17, 15) is 9.90 Å². The van der Waals surface area contributed by atoms with Gasteiger partial charge in [-0.2, -0.15) is 0 Å². The molecule has 0 atom stereocenters. The van der Waals surface area contributed by atoms with Crippen LogP contribution in [0.5, 0.6) is 17.2 Å². The van der Waals surface area contributed by atoms with Gasteiger partial charge in [-0.1, -0.05) is 12.1 Å². The number of hydrogen-bond donors (Lipinski definition) is 2. The third-order valence-corrected chi connectivity index (χ3v) is 3.56. The number of hydrogen-bond acceptors (Lipinski definition) is 4. The smallest absolute Gasteiger partial charge is 0.262 e. The lowest BCUT2D eigenvalue weighted by Crippen LogP contribution is -2.25. The first-order valence-corrected chi connectivity index (χ1v) is 7.45. The zero-order valence-corrected chi connectivity index (χ0v) is 13.1. The van der Waals surface area contributed by atoms with Gasteiger partial charge in [-0.25, -0.2) is 0 Å². The van der Waals surface area contributed by atoms with Crippen molar-refractivity contribution in [1.29, 1.82) is 0 Å². The second-order valence-electron chi connectivity index (χ2n) is 6.17. The Labute approximate surface area is 134 Å². The van der Waals surface area contributed by atoms with E-state index < -0.39 is 0 Å². The van der Waals surface area contributed by atoms with Gasteiger partial charge < -0.3 is 19.9 Å². The molecule has 5 nitrogen and oxygen atoms in total. The van der Waals surface area contributed by atoms with Gasteiger partial charge in [0, 0.05) is 17.7 Å². The van der Waals surface area contributed by atoms with Crippen molar-refractivity contribution in [2.24, 2.45) is 0 Å². The van der Waals surface area contributed by atoms with Crippen LogP contribution in [0.25, 0.3) is 0 Å². The van der Waals surface area contributed by atoms with Crippen molar-refractivity contribution >= 4 is 11.6 Å². The maximum absolute atomic E-state index is 12.0. The summed E-state index contributed by atoms with van der Waals surface area (Å²) in [6.45, 7) is 3.93. The molecule has 0 fully saturated rings. The number of amides is 1. The molecule has 2 aromatic rings. The van der Waals surface area contributed by atoms with E-state index in [0.29, 0.717) is 11.4 Å². The molecule has 0 spiro atoms. The predicted molar refractivity (Wildman–Crippen MR) is 87.1 cm³/mol. The number of para-hydroxylation sites is 1. The molecule has 1 amide bonds. The molecule has 0 saturated carbocycles. The second kappa shape index (κ2) is 5.83. The lowest BCUT2D eigenvalue weighted by molar-refractivity contribution is -0.118. The third kappa shape index (κ3) is 3.56. The Morgan fingerprint density at radius 1 is 1.26 bits per heavy atom. The maximum Gasteiger partial charge on any atom is 0.262 e. The topological polar surface area (TPSA) is 67.8 Å². The summed E-state index contributed by atoms with van der Waals surface area (Å²) in [7, 11) is 0. The summed E-state index contributed by atoms with van der Waals surface area (Å²) in [4.78, 5) is 12.0. The first kappa shape index (κ1) is 15.2. The maximum atomic E-state index is 12.0. The summed E-state index contributed by atoms with van der Waals surface area (Å²) in [5.41, 5.74) is 1.44. The number of anilines is 1. The molecule has 5 heteroatoms. The fourth-order valence-electron chi connectivity index (χ4n) is 2.59. The molecule has 1 aliphatic heterocycles. The zero-order valence-electron chi connectivity index (χ0n) is 13.1. The fraction of sp³-hybridized carbons (Fsp3) is 0.278. The zero-order chi connectivity index (χ0) is 16.4. The van der Waals surface area contributed by atoms with Crippen LogP contribution in [0.3, 0.4) is 0 Å². The molecule has 0 aliphatic carbocycles. The van der Waals surface area contributed by atoms with Gasteiger partial charge in [-0.15, -0.1) is 0 Å². The molecule has 2 N–H and O–H groups in total. The molecule has 120 valence electrons. The number of ether oxygens (including phenoxy) is 2. The van der Waals surface area contributed by atoms with Gasteiger partial charge in [0.25, 0.3) is 5.91 Å². The monoisotopic (exact) mass is 313 g/mol. The minimum atomic E-state index is -0.273. The van der Waals surface area contributed by atoms with Crippen LogP contribution in [0.2, 0.25) is 0 Å². The highest BCUT2D eigenvalue weighted by atomic mass is 16.5. The molecule has 0 bridgehead atoms. The van der Waals surface area contributed by atoms with Crippen LogP contribution in [0, 0.1) is 0 Å². The molecule has 2 aromatic carbocycles.